The van der Waals surface area contributed by atoms with Crippen molar-refractivity contribution in [3.63, 3.8) is 0 Å². The molecule has 2 heterocycles. The van der Waals surface area contributed by atoms with Crippen LogP contribution < -0.4 is 10.2 Å². The van der Waals surface area contributed by atoms with Crippen LogP contribution in [0.1, 0.15) is 26.7 Å². The van der Waals surface area contributed by atoms with Crippen molar-refractivity contribution in [2.45, 2.75) is 45.3 Å². The zero-order valence-electron chi connectivity index (χ0n) is 12.5. The molecule has 1 atom stereocenters. The SMILES string of the molecule is COCCn1cc(N2CCCC(NC(C)C)C2=O)cn1. The molecule has 1 saturated heterocycles. The highest BCUT2D eigenvalue weighted by atomic mass is 16.5. The quantitative estimate of drug-likeness (QED) is 0.845. The molecule has 6 heteroatoms. The van der Waals surface area contributed by atoms with E-state index in [9.17, 15) is 4.79 Å². The van der Waals surface area contributed by atoms with Gasteiger partial charge in [-0.3, -0.25) is 9.48 Å². The number of ether oxygens (including phenoxy) is 1. The molecule has 1 N–H and O–H groups in total. The highest BCUT2D eigenvalue weighted by molar-refractivity contribution is 5.97. The monoisotopic (exact) mass is 280 g/mol. The summed E-state index contributed by atoms with van der Waals surface area (Å²) in [7, 11) is 1.67. The van der Waals surface area contributed by atoms with Gasteiger partial charge in [-0.25, -0.2) is 0 Å². The van der Waals surface area contributed by atoms with E-state index in [2.05, 4.69) is 24.3 Å². The number of methoxy groups -OCH3 is 1. The van der Waals surface area contributed by atoms with Gasteiger partial charge in [0, 0.05) is 25.9 Å². The predicted octanol–water partition coefficient (Wildman–Crippen LogP) is 1.02. The Kier molecular flexibility index (Phi) is 5.14. The van der Waals surface area contributed by atoms with Crippen LogP contribution in [-0.4, -0.2) is 48.0 Å². The number of amides is 1. The maximum absolute atomic E-state index is 12.5. The zero-order chi connectivity index (χ0) is 14.5. The van der Waals surface area contributed by atoms with Crippen molar-refractivity contribution in [3.05, 3.63) is 12.4 Å². The number of rotatable bonds is 6. The molecular weight excluding hydrogens is 256 g/mol. The minimum atomic E-state index is -0.0777. The third-order valence-electron chi connectivity index (χ3n) is 3.43. The van der Waals surface area contributed by atoms with E-state index in [1.54, 1.807) is 13.3 Å². The average molecular weight is 280 g/mol. The summed E-state index contributed by atoms with van der Waals surface area (Å²) in [6.07, 6.45) is 5.59. The second kappa shape index (κ2) is 6.85. The lowest BCUT2D eigenvalue weighted by molar-refractivity contribution is -0.121. The van der Waals surface area contributed by atoms with Crippen LogP contribution in [-0.2, 0) is 16.1 Å². The molecule has 1 aliphatic rings. The second-order valence-corrected chi connectivity index (χ2v) is 5.46. The number of anilines is 1. The molecule has 20 heavy (non-hydrogen) atoms. The number of nitrogens with one attached hydrogen (secondary N) is 1. The fraction of sp³-hybridized carbons (Fsp3) is 0.714. The van der Waals surface area contributed by atoms with Gasteiger partial charge in [0.2, 0.25) is 5.91 Å². The first-order valence-corrected chi connectivity index (χ1v) is 7.20. The van der Waals surface area contributed by atoms with Gasteiger partial charge in [-0.15, -0.1) is 0 Å². The first-order chi connectivity index (χ1) is 9.61. The van der Waals surface area contributed by atoms with E-state index in [0.717, 1.165) is 25.1 Å². The van der Waals surface area contributed by atoms with E-state index in [4.69, 9.17) is 4.74 Å². The van der Waals surface area contributed by atoms with E-state index in [1.807, 2.05) is 15.8 Å². The molecule has 1 aromatic heterocycles. The number of carbonyl (C=O) groups excluding carboxylic acids is 1. The fourth-order valence-electron chi connectivity index (χ4n) is 2.49. The van der Waals surface area contributed by atoms with Gasteiger partial charge in [0.1, 0.15) is 0 Å². The predicted molar refractivity (Wildman–Crippen MR) is 77.7 cm³/mol. The Hall–Kier alpha value is -1.40. The zero-order valence-corrected chi connectivity index (χ0v) is 12.5. The van der Waals surface area contributed by atoms with Crippen LogP contribution in [0.25, 0.3) is 0 Å². The molecule has 0 spiro atoms. The fourth-order valence-corrected chi connectivity index (χ4v) is 2.49. The van der Waals surface area contributed by atoms with Crippen molar-refractivity contribution in [1.82, 2.24) is 15.1 Å². The van der Waals surface area contributed by atoms with E-state index < -0.39 is 0 Å². The average Bonchev–Trinajstić information content (AvgIpc) is 2.87. The topological polar surface area (TPSA) is 59.4 Å². The normalized spacial score (nSPS) is 19.9. The van der Waals surface area contributed by atoms with Crippen molar-refractivity contribution in [2.24, 2.45) is 0 Å². The van der Waals surface area contributed by atoms with E-state index in [-0.39, 0.29) is 11.9 Å². The first-order valence-electron chi connectivity index (χ1n) is 7.20. The lowest BCUT2D eigenvalue weighted by atomic mass is 10.0. The van der Waals surface area contributed by atoms with Crippen LogP contribution in [0.5, 0.6) is 0 Å². The third kappa shape index (κ3) is 3.58. The molecule has 0 aliphatic carbocycles. The molecule has 0 aromatic carbocycles. The molecule has 1 aromatic rings. The van der Waals surface area contributed by atoms with Gasteiger partial charge in [0.05, 0.1) is 31.1 Å². The van der Waals surface area contributed by atoms with Gasteiger partial charge in [-0.05, 0) is 12.8 Å². The summed E-state index contributed by atoms with van der Waals surface area (Å²) in [5, 5.41) is 7.61. The van der Waals surface area contributed by atoms with Crippen LogP contribution in [0.2, 0.25) is 0 Å². The van der Waals surface area contributed by atoms with Crippen LogP contribution in [0.4, 0.5) is 5.69 Å². The van der Waals surface area contributed by atoms with Crippen LogP contribution in [0, 0.1) is 0 Å². The maximum Gasteiger partial charge on any atom is 0.244 e. The van der Waals surface area contributed by atoms with Gasteiger partial charge in [0.15, 0.2) is 0 Å². The number of nitrogens with zero attached hydrogens (tertiary/aromatic N) is 3. The van der Waals surface area contributed by atoms with Crippen molar-refractivity contribution in [2.75, 3.05) is 25.2 Å². The van der Waals surface area contributed by atoms with E-state index in [1.165, 1.54) is 0 Å². The Morgan fingerprint density at radius 3 is 3.05 bits per heavy atom. The summed E-state index contributed by atoms with van der Waals surface area (Å²) in [4.78, 5) is 14.3. The van der Waals surface area contributed by atoms with Gasteiger partial charge in [0.25, 0.3) is 0 Å². The molecule has 1 aliphatic heterocycles. The molecule has 0 bridgehead atoms. The van der Waals surface area contributed by atoms with Crippen molar-refractivity contribution in [1.29, 1.82) is 0 Å². The Bertz CT molecular complexity index is 444. The standard InChI is InChI=1S/C14H24N4O2/c1-11(2)16-13-5-4-6-18(14(13)19)12-9-15-17(10-12)7-8-20-3/h9-11,13,16H,4-8H2,1-3H3. The third-order valence-corrected chi connectivity index (χ3v) is 3.43. The Morgan fingerprint density at radius 2 is 2.35 bits per heavy atom. The lowest BCUT2D eigenvalue weighted by Gasteiger charge is -2.32. The second-order valence-electron chi connectivity index (χ2n) is 5.46. The minimum absolute atomic E-state index is 0.0777. The lowest BCUT2D eigenvalue weighted by Crippen LogP contribution is -2.52. The molecule has 2 rings (SSSR count). The molecule has 0 saturated carbocycles. The molecule has 6 nitrogen and oxygen atoms in total. The number of hydrogen-bond acceptors (Lipinski definition) is 4. The number of aromatic nitrogens is 2. The smallest absolute Gasteiger partial charge is 0.244 e. The highest BCUT2D eigenvalue weighted by Crippen LogP contribution is 2.20. The summed E-state index contributed by atoms with van der Waals surface area (Å²) in [5.41, 5.74) is 0.876. The van der Waals surface area contributed by atoms with Gasteiger partial charge in [-0.1, -0.05) is 13.8 Å². The van der Waals surface area contributed by atoms with Crippen molar-refractivity contribution < 1.29 is 9.53 Å². The Labute approximate surface area is 120 Å². The largest absolute Gasteiger partial charge is 0.383 e. The maximum atomic E-state index is 12.5. The van der Waals surface area contributed by atoms with Crippen LogP contribution >= 0.6 is 0 Å². The summed E-state index contributed by atoms with van der Waals surface area (Å²) >= 11 is 0. The minimum Gasteiger partial charge on any atom is -0.383 e. The molecule has 112 valence electrons. The van der Waals surface area contributed by atoms with Crippen LogP contribution in [0.15, 0.2) is 12.4 Å². The van der Waals surface area contributed by atoms with Crippen molar-refractivity contribution in [3.8, 4) is 0 Å². The van der Waals surface area contributed by atoms with Gasteiger partial charge >= 0.3 is 0 Å². The molecule has 1 unspecified atom stereocenters. The van der Waals surface area contributed by atoms with Gasteiger partial charge < -0.3 is 15.0 Å². The molecular formula is C14H24N4O2. The summed E-state index contributed by atoms with van der Waals surface area (Å²) < 4.78 is 6.84. The first kappa shape index (κ1) is 15.0. The van der Waals surface area contributed by atoms with Crippen LogP contribution in [0.3, 0.4) is 0 Å². The number of piperidine rings is 1. The molecule has 0 radical (unpaired) electrons. The molecule has 1 fully saturated rings. The van der Waals surface area contributed by atoms with E-state index >= 15 is 0 Å². The van der Waals surface area contributed by atoms with Crippen molar-refractivity contribution >= 4 is 11.6 Å². The Balaban J connectivity index is 2.03. The van der Waals surface area contributed by atoms with Gasteiger partial charge in [-0.2, -0.15) is 5.10 Å². The number of carbonyl (C=O) groups is 1. The summed E-state index contributed by atoms with van der Waals surface area (Å²) in [5.74, 6) is 0.149. The number of hydrogen-bond donors (Lipinski definition) is 1. The van der Waals surface area contributed by atoms with E-state index in [0.29, 0.717) is 19.2 Å². The summed E-state index contributed by atoms with van der Waals surface area (Å²) in [6, 6.07) is 0.236. The Morgan fingerprint density at radius 1 is 1.55 bits per heavy atom. The summed E-state index contributed by atoms with van der Waals surface area (Å²) in [6.45, 7) is 6.22. The highest BCUT2D eigenvalue weighted by Gasteiger charge is 2.30. The molecule has 1 amide bonds.